The normalized spacial score (nSPS) is 20.2. The third-order valence-corrected chi connectivity index (χ3v) is 3.11. The van der Waals surface area contributed by atoms with Crippen LogP contribution >= 0.6 is 0 Å². The Balaban J connectivity index is 2.24. The molecule has 0 radical (unpaired) electrons. The van der Waals surface area contributed by atoms with Crippen molar-refractivity contribution in [3.63, 3.8) is 0 Å². The molecule has 0 aliphatic carbocycles. The molecule has 1 aromatic rings. The zero-order valence-corrected chi connectivity index (χ0v) is 9.87. The smallest absolute Gasteiger partial charge is 0.232 e. The van der Waals surface area contributed by atoms with Crippen LogP contribution in [0, 0.1) is 18.7 Å². The molecule has 2 amide bonds. The maximum atomic E-state index is 13.1. The van der Waals surface area contributed by atoms with Crippen molar-refractivity contribution < 1.29 is 14.0 Å². The van der Waals surface area contributed by atoms with E-state index >= 15 is 0 Å². The SMILES string of the molecule is Cc1ccc(F)cc1CN1C(=O)C[C@H](C)C1=O. The number of rotatable bonds is 2. The number of hydrogen-bond acceptors (Lipinski definition) is 2. The first-order chi connectivity index (χ1) is 7.99. The van der Waals surface area contributed by atoms with Gasteiger partial charge >= 0.3 is 0 Å². The number of imide groups is 1. The largest absolute Gasteiger partial charge is 0.278 e. The van der Waals surface area contributed by atoms with Gasteiger partial charge in [0, 0.05) is 12.3 Å². The van der Waals surface area contributed by atoms with Crippen molar-refractivity contribution >= 4 is 11.8 Å². The molecular weight excluding hydrogens is 221 g/mol. The number of halogens is 1. The molecule has 0 bridgehead atoms. The Bertz CT molecular complexity index is 484. The van der Waals surface area contributed by atoms with Crippen LogP contribution in [0.3, 0.4) is 0 Å². The van der Waals surface area contributed by atoms with Gasteiger partial charge in [-0.1, -0.05) is 13.0 Å². The second-order valence-corrected chi connectivity index (χ2v) is 4.49. The van der Waals surface area contributed by atoms with E-state index in [2.05, 4.69) is 0 Å². The van der Waals surface area contributed by atoms with Crippen molar-refractivity contribution in [1.82, 2.24) is 4.90 Å². The van der Waals surface area contributed by atoms with Crippen LogP contribution in [0.2, 0.25) is 0 Å². The Hall–Kier alpha value is -1.71. The maximum Gasteiger partial charge on any atom is 0.232 e. The second-order valence-electron chi connectivity index (χ2n) is 4.49. The molecule has 1 atom stereocenters. The van der Waals surface area contributed by atoms with Crippen molar-refractivity contribution in [2.24, 2.45) is 5.92 Å². The fourth-order valence-corrected chi connectivity index (χ4v) is 2.00. The van der Waals surface area contributed by atoms with Gasteiger partial charge in [0.05, 0.1) is 6.54 Å². The Labute approximate surface area is 99.2 Å². The zero-order chi connectivity index (χ0) is 12.6. The van der Waals surface area contributed by atoms with Gasteiger partial charge in [0.1, 0.15) is 5.82 Å². The molecule has 1 aliphatic rings. The molecule has 0 spiro atoms. The van der Waals surface area contributed by atoms with Crippen molar-refractivity contribution in [1.29, 1.82) is 0 Å². The van der Waals surface area contributed by atoms with E-state index in [0.717, 1.165) is 5.56 Å². The van der Waals surface area contributed by atoms with Crippen LogP contribution in [0.4, 0.5) is 4.39 Å². The van der Waals surface area contributed by atoms with Crippen LogP contribution < -0.4 is 0 Å². The highest BCUT2D eigenvalue weighted by atomic mass is 19.1. The maximum absolute atomic E-state index is 13.1. The lowest BCUT2D eigenvalue weighted by Gasteiger charge is -2.16. The molecule has 1 saturated heterocycles. The number of likely N-dealkylation sites (tertiary alicyclic amines) is 1. The standard InChI is InChI=1S/C13H14FNO2/c1-8-3-4-11(14)6-10(8)7-15-12(16)5-9(2)13(15)17/h3-4,6,9H,5,7H2,1-2H3/t9-/m0/s1. The molecule has 1 aromatic carbocycles. The fourth-order valence-electron chi connectivity index (χ4n) is 2.00. The highest BCUT2D eigenvalue weighted by molar-refractivity contribution is 6.03. The molecular formula is C13H14FNO2. The summed E-state index contributed by atoms with van der Waals surface area (Å²) in [4.78, 5) is 24.5. The van der Waals surface area contributed by atoms with E-state index in [0.29, 0.717) is 5.56 Å². The van der Waals surface area contributed by atoms with Gasteiger partial charge in [-0.25, -0.2) is 4.39 Å². The number of benzene rings is 1. The molecule has 2 rings (SSSR count). The van der Waals surface area contributed by atoms with E-state index in [1.807, 2.05) is 6.92 Å². The van der Waals surface area contributed by atoms with Crippen LogP contribution in [-0.4, -0.2) is 16.7 Å². The van der Waals surface area contributed by atoms with Crippen LogP contribution in [0.15, 0.2) is 18.2 Å². The molecule has 1 fully saturated rings. The van der Waals surface area contributed by atoms with E-state index < -0.39 is 0 Å². The lowest BCUT2D eigenvalue weighted by molar-refractivity contribution is -0.139. The summed E-state index contributed by atoms with van der Waals surface area (Å²) in [6, 6.07) is 4.40. The number of carbonyl (C=O) groups excluding carboxylic acids is 2. The van der Waals surface area contributed by atoms with Crippen LogP contribution in [0.25, 0.3) is 0 Å². The number of aryl methyl sites for hydroxylation is 1. The van der Waals surface area contributed by atoms with Gasteiger partial charge in [-0.2, -0.15) is 0 Å². The van der Waals surface area contributed by atoms with Gasteiger partial charge in [0.15, 0.2) is 0 Å². The summed E-state index contributed by atoms with van der Waals surface area (Å²) < 4.78 is 13.1. The summed E-state index contributed by atoms with van der Waals surface area (Å²) in [7, 11) is 0. The van der Waals surface area contributed by atoms with Crippen molar-refractivity contribution in [3.8, 4) is 0 Å². The minimum absolute atomic E-state index is 0.168. The van der Waals surface area contributed by atoms with Crippen molar-refractivity contribution in [2.75, 3.05) is 0 Å². The fraction of sp³-hybridized carbons (Fsp3) is 0.385. The van der Waals surface area contributed by atoms with Crippen LogP contribution in [0.1, 0.15) is 24.5 Å². The molecule has 1 heterocycles. The molecule has 3 nitrogen and oxygen atoms in total. The zero-order valence-electron chi connectivity index (χ0n) is 9.87. The molecule has 1 aliphatic heterocycles. The van der Waals surface area contributed by atoms with E-state index in [9.17, 15) is 14.0 Å². The minimum Gasteiger partial charge on any atom is -0.278 e. The first kappa shape index (κ1) is 11.8. The number of nitrogens with zero attached hydrogens (tertiary/aromatic N) is 1. The highest BCUT2D eigenvalue weighted by Crippen LogP contribution is 2.22. The summed E-state index contributed by atoms with van der Waals surface area (Å²) in [6.45, 7) is 3.74. The summed E-state index contributed by atoms with van der Waals surface area (Å²) in [5.74, 6) is -0.945. The third kappa shape index (κ3) is 2.20. The van der Waals surface area contributed by atoms with Crippen LogP contribution in [0.5, 0.6) is 0 Å². The molecule has 0 unspecified atom stereocenters. The van der Waals surface area contributed by atoms with Gasteiger partial charge in [0.25, 0.3) is 0 Å². The van der Waals surface area contributed by atoms with Gasteiger partial charge in [-0.15, -0.1) is 0 Å². The molecule has 17 heavy (non-hydrogen) atoms. The summed E-state index contributed by atoms with van der Waals surface area (Å²) in [5.41, 5.74) is 1.56. The van der Waals surface area contributed by atoms with E-state index in [4.69, 9.17) is 0 Å². The van der Waals surface area contributed by atoms with Crippen molar-refractivity contribution in [2.45, 2.75) is 26.8 Å². The predicted octanol–water partition coefficient (Wildman–Crippen LogP) is 2.03. The molecule has 90 valence electrons. The average molecular weight is 235 g/mol. The Kier molecular flexibility index (Phi) is 2.96. The number of amides is 2. The lowest BCUT2D eigenvalue weighted by atomic mass is 10.1. The van der Waals surface area contributed by atoms with Crippen molar-refractivity contribution in [3.05, 3.63) is 35.1 Å². The monoisotopic (exact) mass is 235 g/mol. The topological polar surface area (TPSA) is 37.4 Å². The Morgan fingerprint density at radius 1 is 1.41 bits per heavy atom. The Morgan fingerprint density at radius 2 is 2.12 bits per heavy atom. The molecule has 4 heteroatoms. The lowest BCUT2D eigenvalue weighted by Crippen LogP contribution is -2.30. The molecule has 0 saturated carbocycles. The summed E-state index contributed by atoms with van der Waals surface area (Å²) in [6.07, 6.45) is 0.257. The average Bonchev–Trinajstić information content (AvgIpc) is 2.50. The minimum atomic E-state index is -0.349. The highest BCUT2D eigenvalue weighted by Gasteiger charge is 2.35. The second kappa shape index (κ2) is 4.28. The number of hydrogen-bond donors (Lipinski definition) is 0. The Morgan fingerprint density at radius 3 is 2.71 bits per heavy atom. The van der Waals surface area contributed by atoms with E-state index in [-0.39, 0.29) is 36.5 Å². The first-order valence-electron chi connectivity index (χ1n) is 5.58. The number of carbonyl (C=O) groups is 2. The quantitative estimate of drug-likeness (QED) is 0.735. The first-order valence-corrected chi connectivity index (χ1v) is 5.58. The molecule has 0 aromatic heterocycles. The van der Waals surface area contributed by atoms with Gasteiger partial charge in [-0.3, -0.25) is 14.5 Å². The summed E-state index contributed by atoms with van der Waals surface area (Å²) in [5, 5.41) is 0. The van der Waals surface area contributed by atoms with E-state index in [1.54, 1.807) is 13.0 Å². The van der Waals surface area contributed by atoms with Crippen LogP contribution in [-0.2, 0) is 16.1 Å². The molecule has 0 N–H and O–H groups in total. The third-order valence-electron chi connectivity index (χ3n) is 3.11. The summed E-state index contributed by atoms with van der Waals surface area (Å²) >= 11 is 0. The predicted molar refractivity (Wildman–Crippen MR) is 60.5 cm³/mol. The van der Waals surface area contributed by atoms with E-state index in [1.165, 1.54) is 17.0 Å². The van der Waals surface area contributed by atoms with Gasteiger partial charge in [-0.05, 0) is 30.2 Å². The van der Waals surface area contributed by atoms with Gasteiger partial charge < -0.3 is 0 Å². The van der Waals surface area contributed by atoms with Gasteiger partial charge in [0.2, 0.25) is 11.8 Å².